The van der Waals surface area contributed by atoms with Gasteiger partial charge in [-0.1, -0.05) is 0 Å². The van der Waals surface area contributed by atoms with Crippen LogP contribution in [0.5, 0.6) is 5.88 Å². The van der Waals surface area contributed by atoms with Crippen LogP contribution in [0.4, 0.5) is 14.5 Å². The van der Waals surface area contributed by atoms with E-state index in [2.05, 4.69) is 10.3 Å². The van der Waals surface area contributed by atoms with Crippen molar-refractivity contribution in [1.82, 2.24) is 10.3 Å². The number of nitrogens with zero attached hydrogens (tertiary/aromatic N) is 2. The first-order valence-corrected chi connectivity index (χ1v) is 7.54. The molecule has 1 unspecified atom stereocenters. The van der Waals surface area contributed by atoms with Crippen molar-refractivity contribution < 1.29 is 18.3 Å². The molecule has 1 N–H and O–H groups in total. The van der Waals surface area contributed by atoms with Gasteiger partial charge in [0.05, 0.1) is 18.8 Å². The fourth-order valence-electron chi connectivity index (χ4n) is 2.90. The summed E-state index contributed by atoms with van der Waals surface area (Å²) in [7, 11) is 3.08. The summed E-state index contributed by atoms with van der Waals surface area (Å²) in [6.07, 6.45) is 2.06. The highest BCUT2D eigenvalue weighted by molar-refractivity contribution is 5.99. The van der Waals surface area contributed by atoms with Gasteiger partial charge in [-0.2, -0.15) is 0 Å². The van der Waals surface area contributed by atoms with Gasteiger partial charge in [0.1, 0.15) is 0 Å². The molecule has 1 fully saturated rings. The predicted octanol–water partition coefficient (Wildman–Crippen LogP) is 2.36. The molecule has 7 heteroatoms. The van der Waals surface area contributed by atoms with E-state index in [-0.39, 0.29) is 29.1 Å². The molecule has 0 radical (unpaired) electrons. The molecule has 1 aromatic heterocycles. The summed E-state index contributed by atoms with van der Waals surface area (Å²) in [5, 5.41) is 2.87. The second-order valence-corrected chi connectivity index (χ2v) is 5.44. The minimum Gasteiger partial charge on any atom is -0.481 e. The molecule has 5 nitrogen and oxygen atoms in total. The van der Waals surface area contributed by atoms with Crippen LogP contribution in [0.3, 0.4) is 0 Å². The van der Waals surface area contributed by atoms with Gasteiger partial charge in [0, 0.05) is 23.9 Å². The lowest BCUT2D eigenvalue weighted by Crippen LogP contribution is -2.36. The maximum atomic E-state index is 14.6. The first kappa shape index (κ1) is 16.3. The average molecular weight is 333 g/mol. The van der Waals surface area contributed by atoms with Crippen molar-refractivity contribution in [1.29, 1.82) is 0 Å². The third-order valence-electron chi connectivity index (χ3n) is 4.16. The van der Waals surface area contributed by atoms with Crippen LogP contribution in [0.1, 0.15) is 6.42 Å². The number of rotatable bonds is 4. The Morgan fingerprint density at radius 3 is 2.71 bits per heavy atom. The van der Waals surface area contributed by atoms with Crippen LogP contribution in [-0.4, -0.2) is 37.6 Å². The van der Waals surface area contributed by atoms with Crippen LogP contribution < -0.4 is 15.0 Å². The summed E-state index contributed by atoms with van der Waals surface area (Å²) in [6, 6.07) is 5.70. The molecule has 0 spiro atoms. The van der Waals surface area contributed by atoms with Crippen LogP contribution in [0.25, 0.3) is 11.1 Å². The number of ether oxygens (including phenoxy) is 1. The number of hydrogen-bond donors (Lipinski definition) is 1. The van der Waals surface area contributed by atoms with Crippen LogP contribution in [0.15, 0.2) is 30.5 Å². The van der Waals surface area contributed by atoms with E-state index in [9.17, 15) is 13.6 Å². The van der Waals surface area contributed by atoms with Gasteiger partial charge < -0.3 is 15.0 Å². The maximum Gasteiger partial charge on any atom is 0.244 e. The van der Waals surface area contributed by atoms with Crippen molar-refractivity contribution in [3.05, 3.63) is 42.1 Å². The van der Waals surface area contributed by atoms with Crippen LogP contribution >= 0.6 is 0 Å². The highest BCUT2D eigenvalue weighted by Gasteiger charge is 2.33. The zero-order valence-electron chi connectivity index (χ0n) is 13.3. The Labute approximate surface area is 138 Å². The van der Waals surface area contributed by atoms with Crippen LogP contribution in [0.2, 0.25) is 0 Å². The number of carbonyl (C=O) groups is 1. The molecule has 1 saturated heterocycles. The Kier molecular flexibility index (Phi) is 4.44. The Morgan fingerprint density at radius 2 is 2.04 bits per heavy atom. The van der Waals surface area contributed by atoms with E-state index in [1.54, 1.807) is 19.2 Å². The van der Waals surface area contributed by atoms with E-state index in [1.807, 2.05) is 0 Å². The molecule has 1 amide bonds. The van der Waals surface area contributed by atoms with Crippen molar-refractivity contribution in [2.45, 2.75) is 12.5 Å². The number of benzene rings is 1. The molecule has 1 aliphatic rings. The number of amides is 1. The van der Waals surface area contributed by atoms with E-state index < -0.39 is 11.6 Å². The lowest BCUT2D eigenvalue weighted by molar-refractivity contribution is -0.118. The Bertz CT molecular complexity index is 782. The normalized spacial score (nSPS) is 17.4. The predicted molar refractivity (Wildman–Crippen MR) is 86.0 cm³/mol. The number of hydrogen-bond acceptors (Lipinski definition) is 4. The Balaban J connectivity index is 2.03. The number of pyridine rings is 1. The minimum absolute atomic E-state index is 0.0398. The summed E-state index contributed by atoms with van der Waals surface area (Å²) in [4.78, 5) is 17.5. The minimum atomic E-state index is -1.05. The number of nitrogens with one attached hydrogen (secondary N) is 1. The van der Waals surface area contributed by atoms with Gasteiger partial charge in [-0.3, -0.25) is 4.79 Å². The lowest BCUT2D eigenvalue weighted by Gasteiger charge is -2.19. The number of likely N-dealkylation sites (N-methyl/N-ethyl adjacent to an activating group) is 1. The SMILES string of the molecule is CNC1CCN(c2ccc(-c3cccnc3OC)c(F)c2F)C1=O. The molecule has 24 heavy (non-hydrogen) atoms. The Hall–Kier alpha value is -2.54. The number of carbonyl (C=O) groups excluding carboxylic acids is 1. The number of aromatic nitrogens is 1. The van der Waals surface area contributed by atoms with Gasteiger partial charge in [0.2, 0.25) is 11.8 Å². The zero-order valence-corrected chi connectivity index (χ0v) is 13.3. The van der Waals surface area contributed by atoms with Crippen molar-refractivity contribution in [3.63, 3.8) is 0 Å². The molecule has 0 bridgehead atoms. The molecule has 1 aromatic carbocycles. The van der Waals surface area contributed by atoms with Crippen LogP contribution in [-0.2, 0) is 4.79 Å². The van der Waals surface area contributed by atoms with Crippen LogP contribution in [0, 0.1) is 11.6 Å². The van der Waals surface area contributed by atoms with E-state index in [4.69, 9.17) is 4.74 Å². The highest BCUT2D eigenvalue weighted by Crippen LogP contribution is 2.35. The van der Waals surface area contributed by atoms with Gasteiger partial charge in [0.15, 0.2) is 11.6 Å². The molecule has 0 aliphatic carbocycles. The molecule has 2 aromatic rings. The molecular formula is C17H17F2N3O2. The quantitative estimate of drug-likeness (QED) is 0.933. The summed E-state index contributed by atoms with van der Waals surface area (Å²) < 4.78 is 34.3. The second kappa shape index (κ2) is 6.52. The number of halogens is 2. The molecule has 1 aliphatic heterocycles. The zero-order chi connectivity index (χ0) is 17.3. The second-order valence-electron chi connectivity index (χ2n) is 5.44. The highest BCUT2D eigenvalue weighted by atomic mass is 19.2. The third kappa shape index (κ3) is 2.60. The number of anilines is 1. The molecule has 3 rings (SSSR count). The van der Waals surface area contributed by atoms with E-state index in [0.29, 0.717) is 18.5 Å². The first-order chi connectivity index (χ1) is 11.6. The maximum absolute atomic E-state index is 14.6. The van der Waals surface area contributed by atoms with Crippen molar-refractivity contribution in [2.75, 3.05) is 25.6 Å². The third-order valence-corrected chi connectivity index (χ3v) is 4.16. The van der Waals surface area contributed by atoms with Gasteiger partial charge in [-0.15, -0.1) is 0 Å². The molecular weight excluding hydrogens is 316 g/mol. The van der Waals surface area contributed by atoms with E-state index in [1.165, 1.54) is 30.3 Å². The standard InChI is InChI=1S/C17H17F2N3O2/c1-20-12-7-9-22(17(12)23)13-6-5-10(14(18)15(13)19)11-4-3-8-21-16(11)24-2/h3-6,8,12,20H,7,9H2,1-2H3. The molecule has 2 heterocycles. The van der Waals surface area contributed by atoms with Gasteiger partial charge >= 0.3 is 0 Å². The fraction of sp³-hybridized carbons (Fsp3) is 0.294. The Morgan fingerprint density at radius 1 is 1.25 bits per heavy atom. The summed E-state index contributed by atoms with van der Waals surface area (Å²) in [5.74, 6) is -2.14. The van der Waals surface area contributed by atoms with Gasteiger partial charge in [-0.25, -0.2) is 13.8 Å². The fourth-order valence-corrected chi connectivity index (χ4v) is 2.90. The van der Waals surface area contributed by atoms with Gasteiger partial charge in [-0.05, 0) is 37.7 Å². The molecule has 0 saturated carbocycles. The topological polar surface area (TPSA) is 54.5 Å². The summed E-state index contributed by atoms with van der Waals surface area (Å²) in [5.41, 5.74) is 0.337. The van der Waals surface area contributed by atoms with E-state index in [0.717, 1.165) is 0 Å². The van der Waals surface area contributed by atoms with Crippen molar-refractivity contribution in [2.24, 2.45) is 0 Å². The van der Waals surface area contributed by atoms with E-state index >= 15 is 0 Å². The van der Waals surface area contributed by atoms with Gasteiger partial charge in [0.25, 0.3) is 0 Å². The first-order valence-electron chi connectivity index (χ1n) is 7.54. The largest absolute Gasteiger partial charge is 0.481 e. The molecule has 126 valence electrons. The average Bonchev–Trinajstić information content (AvgIpc) is 2.98. The van der Waals surface area contributed by atoms with Crippen molar-refractivity contribution >= 4 is 11.6 Å². The molecule has 1 atom stereocenters. The van der Waals surface area contributed by atoms with Crippen molar-refractivity contribution in [3.8, 4) is 17.0 Å². The number of methoxy groups -OCH3 is 1. The summed E-state index contributed by atoms with van der Waals surface area (Å²) in [6.45, 7) is 0.344. The summed E-state index contributed by atoms with van der Waals surface area (Å²) >= 11 is 0. The monoisotopic (exact) mass is 333 g/mol. The lowest BCUT2D eigenvalue weighted by atomic mass is 10.0. The smallest absolute Gasteiger partial charge is 0.244 e.